The summed E-state index contributed by atoms with van der Waals surface area (Å²) in [6.07, 6.45) is 12.0. The highest BCUT2D eigenvalue weighted by atomic mass is 16.1. The van der Waals surface area contributed by atoms with Gasteiger partial charge in [0.25, 0.3) is 0 Å². The van der Waals surface area contributed by atoms with Crippen molar-refractivity contribution in [1.82, 2.24) is 14.6 Å². The number of fused-ring (bicyclic) bond motifs is 1. The van der Waals surface area contributed by atoms with Crippen molar-refractivity contribution in [1.29, 1.82) is 0 Å². The number of rotatable bonds is 5. The number of pyridine rings is 1. The summed E-state index contributed by atoms with van der Waals surface area (Å²) in [7, 11) is 0. The van der Waals surface area contributed by atoms with Crippen molar-refractivity contribution in [2.75, 3.05) is 5.32 Å². The van der Waals surface area contributed by atoms with E-state index in [-0.39, 0.29) is 5.78 Å². The maximum atomic E-state index is 10.8. The Morgan fingerprint density at radius 1 is 1.09 bits per heavy atom. The summed E-state index contributed by atoms with van der Waals surface area (Å²) in [5, 5.41) is 8.02. The summed E-state index contributed by atoms with van der Waals surface area (Å²) < 4.78 is 1.91. The quantitative estimate of drug-likeness (QED) is 0.386. The van der Waals surface area contributed by atoms with Crippen molar-refractivity contribution in [2.45, 2.75) is 93.5 Å². The van der Waals surface area contributed by atoms with Crippen molar-refractivity contribution >= 4 is 17.2 Å². The van der Waals surface area contributed by atoms with Gasteiger partial charge in [-0.05, 0) is 52.7 Å². The predicted molar refractivity (Wildman–Crippen MR) is 139 cm³/mol. The van der Waals surface area contributed by atoms with E-state index < -0.39 is 0 Å². The van der Waals surface area contributed by atoms with Gasteiger partial charge in [0.15, 0.2) is 11.4 Å². The fraction of sp³-hybridized carbons (Fsp3) is 0.519. The van der Waals surface area contributed by atoms with Crippen molar-refractivity contribution in [3.05, 3.63) is 60.0 Å². The van der Waals surface area contributed by atoms with Gasteiger partial charge in [-0.2, -0.15) is 4.52 Å². The first-order valence-electron chi connectivity index (χ1n) is 12.0. The number of hydrogen-bond acceptors (Lipinski definition) is 4. The molecule has 1 aliphatic carbocycles. The minimum absolute atomic E-state index is 0.0880. The van der Waals surface area contributed by atoms with Gasteiger partial charge in [0.05, 0.1) is 0 Å². The third-order valence-corrected chi connectivity index (χ3v) is 4.69. The molecule has 3 rings (SSSR count). The van der Waals surface area contributed by atoms with E-state index in [9.17, 15) is 4.79 Å². The average Bonchev–Trinajstić information content (AvgIpc) is 3.19. The fourth-order valence-corrected chi connectivity index (χ4v) is 3.23. The van der Waals surface area contributed by atoms with Crippen LogP contribution in [0.15, 0.2) is 54.2 Å². The van der Waals surface area contributed by atoms with Gasteiger partial charge in [0, 0.05) is 11.6 Å². The highest BCUT2D eigenvalue weighted by Crippen LogP contribution is 2.21. The normalized spacial score (nSPS) is 13.8. The Hall–Kier alpha value is -2.69. The third kappa shape index (κ3) is 10.6. The number of nitrogens with zero attached hydrogens (tertiary/aromatic N) is 3. The maximum Gasteiger partial charge on any atom is 0.159 e. The lowest BCUT2D eigenvalue weighted by Gasteiger charge is -2.23. The number of ketones is 1. The summed E-state index contributed by atoms with van der Waals surface area (Å²) in [5.41, 5.74) is 2.60. The molecule has 0 bridgehead atoms. The second-order valence-corrected chi connectivity index (χ2v) is 7.30. The number of Topliss-reactive ketones (excluding diaryl/α,β-unsaturated/α-hetero) is 1. The molecule has 0 atom stereocenters. The lowest BCUT2D eigenvalue weighted by molar-refractivity contribution is -0.113. The van der Waals surface area contributed by atoms with Gasteiger partial charge in [-0.25, -0.2) is 4.98 Å². The van der Waals surface area contributed by atoms with E-state index >= 15 is 0 Å². The minimum atomic E-state index is 0.0880. The maximum absolute atomic E-state index is 10.8. The Balaban J connectivity index is 0.000000561. The number of aryl methyl sites for hydroxylation is 1. The van der Waals surface area contributed by atoms with E-state index in [1.807, 2.05) is 71.2 Å². The number of anilines is 1. The van der Waals surface area contributed by atoms with Crippen LogP contribution in [0.2, 0.25) is 0 Å². The molecule has 1 saturated carbocycles. The van der Waals surface area contributed by atoms with Crippen molar-refractivity contribution in [2.24, 2.45) is 0 Å². The van der Waals surface area contributed by atoms with Crippen LogP contribution in [0.3, 0.4) is 0 Å². The summed E-state index contributed by atoms with van der Waals surface area (Å²) in [5.74, 6) is 1.97. The van der Waals surface area contributed by atoms with Crippen LogP contribution in [0.4, 0.5) is 5.82 Å². The Morgan fingerprint density at radius 2 is 1.72 bits per heavy atom. The molecular formula is C27H44N4O. The summed E-state index contributed by atoms with van der Waals surface area (Å²) in [6.45, 7) is 18.9. The number of aromatic nitrogens is 3. The second-order valence-electron chi connectivity index (χ2n) is 7.30. The van der Waals surface area contributed by atoms with Crippen LogP contribution in [-0.4, -0.2) is 26.4 Å². The van der Waals surface area contributed by atoms with Crippen LogP contribution in [0.25, 0.3) is 5.65 Å². The first-order chi connectivity index (χ1) is 15.4. The Morgan fingerprint density at radius 3 is 2.25 bits per heavy atom. The predicted octanol–water partition coefficient (Wildman–Crippen LogP) is 7.49. The van der Waals surface area contributed by atoms with Crippen molar-refractivity contribution in [3.63, 3.8) is 0 Å². The van der Waals surface area contributed by atoms with Gasteiger partial charge in [-0.3, -0.25) is 4.79 Å². The van der Waals surface area contributed by atoms with E-state index in [0.29, 0.717) is 6.04 Å². The molecule has 0 unspecified atom stereocenters. The van der Waals surface area contributed by atoms with Gasteiger partial charge in [-0.1, -0.05) is 83.4 Å². The smallest absolute Gasteiger partial charge is 0.159 e. The molecule has 1 N–H and O–H groups in total. The molecular weight excluding hydrogens is 396 g/mol. The molecule has 178 valence electrons. The molecule has 2 aromatic heterocycles. The SMILES string of the molecule is C=C(C)/C=C\C(=C/C)C(C)=O.CC.CC.Cc1nc2cccc(NC3CCCCC3)n2n1. The fourth-order valence-electron chi connectivity index (χ4n) is 3.23. The van der Waals surface area contributed by atoms with Crippen LogP contribution in [0.5, 0.6) is 0 Å². The number of hydrogen-bond donors (Lipinski definition) is 1. The number of nitrogens with one attached hydrogen (secondary N) is 1. The summed E-state index contributed by atoms with van der Waals surface area (Å²) >= 11 is 0. The Kier molecular flexibility index (Phi) is 15.5. The lowest BCUT2D eigenvalue weighted by atomic mass is 9.95. The molecule has 2 heterocycles. The van der Waals surface area contributed by atoms with Gasteiger partial charge < -0.3 is 5.32 Å². The first-order valence-corrected chi connectivity index (χ1v) is 12.0. The Bertz CT molecular complexity index is 871. The molecule has 0 radical (unpaired) electrons. The summed E-state index contributed by atoms with van der Waals surface area (Å²) in [4.78, 5) is 15.2. The molecule has 0 spiro atoms. The van der Waals surface area contributed by atoms with Crippen LogP contribution in [0.1, 0.15) is 86.4 Å². The average molecular weight is 441 g/mol. The monoisotopic (exact) mass is 440 g/mol. The van der Waals surface area contributed by atoms with Gasteiger partial charge in [0.2, 0.25) is 0 Å². The van der Waals surface area contributed by atoms with Crippen LogP contribution in [0, 0.1) is 6.92 Å². The largest absolute Gasteiger partial charge is 0.367 e. The van der Waals surface area contributed by atoms with Gasteiger partial charge in [-0.15, -0.1) is 5.10 Å². The van der Waals surface area contributed by atoms with E-state index in [2.05, 4.69) is 28.0 Å². The third-order valence-electron chi connectivity index (χ3n) is 4.69. The molecule has 0 saturated heterocycles. The molecule has 1 aliphatic rings. The molecule has 5 heteroatoms. The topological polar surface area (TPSA) is 59.3 Å². The molecule has 0 aliphatic heterocycles. The van der Waals surface area contributed by atoms with Crippen LogP contribution in [-0.2, 0) is 4.79 Å². The minimum Gasteiger partial charge on any atom is -0.367 e. The molecule has 1 fully saturated rings. The van der Waals surface area contributed by atoms with E-state index in [1.165, 1.54) is 32.1 Å². The molecule has 5 nitrogen and oxygen atoms in total. The van der Waals surface area contributed by atoms with E-state index in [1.54, 1.807) is 19.1 Å². The van der Waals surface area contributed by atoms with Crippen molar-refractivity contribution in [3.8, 4) is 0 Å². The second kappa shape index (κ2) is 16.9. The Labute approximate surface area is 195 Å². The number of carbonyl (C=O) groups excluding carboxylic acids is 1. The number of allylic oxidation sites excluding steroid dienone is 5. The van der Waals surface area contributed by atoms with Crippen LogP contribution < -0.4 is 5.32 Å². The standard InChI is InChI=1S/C13H18N4.C10H14O.2C2H6/c1-10-14-12-8-5-9-13(17(12)16-10)15-11-6-3-2-4-7-11;1-5-10(9(4)11)7-6-8(2)3;2*1-2/h5,8-9,11,15H,2-4,6-7H2,1H3;5-7H,2H2,1,3-4H3;2*1-2H3/b;7-6-,10-5+;;. The van der Waals surface area contributed by atoms with Crippen LogP contribution >= 0.6 is 0 Å². The zero-order chi connectivity index (χ0) is 24.5. The highest BCUT2D eigenvalue weighted by Gasteiger charge is 2.14. The number of carbonyl (C=O) groups is 1. The molecule has 0 aromatic carbocycles. The van der Waals surface area contributed by atoms with Gasteiger partial charge >= 0.3 is 0 Å². The van der Waals surface area contributed by atoms with E-state index in [4.69, 9.17) is 0 Å². The van der Waals surface area contributed by atoms with Crippen molar-refractivity contribution < 1.29 is 4.79 Å². The van der Waals surface area contributed by atoms with Gasteiger partial charge in [0.1, 0.15) is 11.6 Å². The summed E-state index contributed by atoms with van der Waals surface area (Å²) in [6, 6.07) is 6.70. The molecule has 2 aromatic rings. The molecule has 0 amide bonds. The van der Waals surface area contributed by atoms with E-state index in [0.717, 1.165) is 28.4 Å². The first kappa shape index (κ1) is 29.3. The molecule has 32 heavy (non-hydrogen) atoms. The zero-order valence-corrected chi connectivity index (χ0v) is 21.5. The zero-order valence-electron chi connectivity index (χ0n) is 21.5. The lowest BCUT2D eigenvalue weighted by Crippen LogP contribution is -2.23. The highest BCUT2D eigenvalue weighted by molar-refractivity contribution is 5.95.